The maximum atomic E-state index is 11.5. The summed E-state index contributed by atoms with van der Waals surface area (Å²) in [7, 11) is 1.58. The summed E-state index contributed by atoms with van der Waals surface area (Å²) in [5.41, 5.74) is -0.935. The third kappa shape index (κ3) is 2.30. The Morgan fingerprint density at radius 1 is 1.45 bits per heavy atom. The van der Waals surface area contributed by atoms with E-state index in [4.69, 9.17) is 0 Å². The monoisotopic (exact) mass is 283 g/mol. The lowest BCUT2D eigenvalue weighted by Crippen LogP contribution is -2.48. The van der Waals surface area contributed by atoms with Crippen LogP contribution in [0.3, 0.4) is 0 Å². The molecule has 2 rings (SSSR count). The first kappa shape index (κ1) is 14.2. The SMILES string of the molecule is CCC1(C(=O)O)CCN(C(=O)O)C(c2nnn(C)n2)C1. The number of carboxylic acid groups (broad SMARTS) is 2. The van der Waals surface area contributed by atoms with Crippen molar-refractivity contribution in [3.8, 4) is 0 Å². The second kappa shape index (κ2) is 5.06. The van der Waals surface area contributed by atoms with Crippen LogP contribution in [0.4, 0.5) is 4.79 Å². The van der Waals surface area contributed by atoms with Gasteiger partial charge in [-0.05, 0) is 24.5 Å². The summed E-state index contributed by atoms with van der Waals surface area (Å²) in [5.74, 6) is -0.660. The van der Waals surface area contributed by atoms with Gasteiger partial charge in [-0.15, -0.1) is 10.2 Å². The smallest absolute Gasteiger partial charge is 0.407 e. The van der Waals surface area contributed by atoms with Crippen molar-refractivity contribution >= 4 is 12.1 Å². The van der Waals surface area contributed by atoms with Crippen LogP contribution in [0.15, 0.2) is 0 Å². The number of tetrazole rings is 1. The lowest BCUT2D eigenvalue weighted by molar-refractivity contribution is -0.153. The van der Waals surface area contributed by atoms with Gasteiger partial charge in [-0.1, -0.05) is 6.92 Å². The highest BCUT2D eigenvalue weighted by Gasteiger charge is 2.47. The van der Waals surface area contributed by atoms with Crippen LogP contribution in [0.1, 0.15) is 38.1 Å². The molecule has 1 aromatic heterocycles. The fraction of sp³-hybridized carbons (Fsp3) is 0.727. The highest BCUT2D eigenvalue weighted by molar-refractivity contribution is 5.75. The molecule has 9 nitrogen and oxygen atoms in total. The fourth-order valence-corrected chi connectivity index (χ4v) is 2.63. The summed E-state index contributed by atoms with van der Waals surface area (Å²) < 4.78 is 0. The number of hydrogen-bond acceptors (Lipinski definition) is 5. The molecule has 2 unspecified atom stereocenters. The lowest BCUT2D eigenvalue weighted by atomic mass is 9.73. The van der Waals surface area contributed by atoms with Crippen molar-refractivity contribution in [2.24, 2.45) is 12.5 Å². The van der Waals surface area contributed by atoms with Crippen LogP contribution in [0.2, 0.25) is 0 Å². The number of piperidine rings is 1. The number of nitrogens with zero attached hydrogens (tertiary/aromatic N) is 5. The molecule has 0 bridgehead atoms. The van der Waals surface area contributed by atoms with Gasteiger partial charge in [0.25, 0.3) is 0 Å². The van der Waals surface area contributed by atoms with E-state index in [1.165, 1.54) is 9.70 Å². The number of carbonyl (C=O) groups is 2. The number of aryl methyl sites for hydroxylation is 1. The number of rotatable bonds is 3. The Labute approximate surface area is 115 Å². The van der Waals surface area contributed by atoms with Crippen molar-refractivity contribution in [2.45, 2.75) is 32.2 Å². The molecule has 0 aromatic carbocycles. The number of aromatic nitrogens is 4. The van der Waals surface area contributed by atoms with E-state index in [0.717, 1.165) is 0 Å². The first-order valence-corrected chi connectivity index (χ1v) is 6.36. The van der Waals surface area contributed by atoms with Crippen LogP contribution in [0, 0.1) is 5.41 Å². The van der Waals surface area contributed by atoms with E-state index >= 15 is 0 Å². The van der Waals surface area contributed by atoms with Gasteiger partial charge in [-0.25, -0.2) is 4.79 Å². The predicted octanol–water partition coefficient (Wildman–Crippen LogP) is 0.506. The van der Waals surface area contributed by atoms with E-state index in [-0.39, 0.29) is 18.8 Å². The molecule has 1 aliphatic rings. The Bertz CT molecular complexity index is 531. The van der Waals surface area contributed by atoms with Crippen molar-refractivity contribution < 1.29 is 19.8 Å². The standard InChI is InChI=1S/C11H17N5O4/c1-3-11(9(17)18)4-5-16(10(19)20)7(6-11)8-12-14-15(2)13-8/h7H,3-6H2,1-2H3,(H,17,18)(H,19,20). The van der Waals surface area contributed by atoms with Crippen LogP contribution in [-0.4, -0.2) is 53.9 Å². The molecule has 9 heteroatoms. The third-order valence-electron chi connectivity index (χ3n) is 3.99. The molecular formula is C11H17N5O4. The van der Waals surface area contributed by atoms with Gasteiger partial charge in [0, 0.05) is 6.54 Å². The highest BCUT2D eigenvalue weighted by Crippen LogP contribution is 2.43. The average molecular weight is 283 g/mol. The highest BCUT2D eigenvalue weighted by atomic mass is 16.4. The molecule has 1 aliphatic heterocycles. The zero-order valence-electron chi connectivity index (χ0n) is 11.4. The van der Waals surface area contributed by atoms with Crippen LogP contribution in [0.25, 0.3) is 0 Å². The molecule has 1 amide bonds. The Kier molecular flexibility index (Phi) is 3.60. The van der Waals surface area contributed by atoms with Gasteiger partial charge in [0.15, 0.2) is 5.82 Å². The van der Waals surface area contributed by atoms with Gasteiger partial charge in [-0.3, -0.25) is 9.69 Å². The summed E-state index contributed by atoms with van der Waals surface area (Å²) in [6.45, 7) is 1.95. The average Bonchev–Trinajstić information content (AvgIpc) is 2.84. The second-order valence-electron chi connectivity index (χ2n) is 5.02. The first-order valence-electron chi connectivity index (χ1n) is 6.36. The molecule has 0 radical (unpaired) electrons. The summed E-state index contributed by atoms with van der Waals surface area (Å²) in [6, 6.07) is -0.675. The van der Waals surface area contributed by atoms with Crippen LogP contribution < -0.4 is 0 Å². The fourth-order valence-electron chi connectivity index (χ4n) is 2.63. The van der Waals surface area contributed by atoms with Gasteiger partial charge >= 0.3 is 12.1 Å². The van der Waals surface area contributed by atoms with E-state index in [1.807, 2.05) is 0 Å². The Balaban J connectivity index is 2.36. The maximum Gasteiger partial charge on any atom is 0.407 e. The molecule has 2 N–H and O–H groups in total. The number of likely N-dealkylation sites (tertiary alicyclic amines) is 1. The van der Waals surface area contributed by atoms with Crippen LogP contribution in [0.5, 0.6) is 0 Å². The molecule has 0 saturated carbocycles. The van der Waals surface area contributed by atoms with E-state index in [0.29, 0.717) is 12.8 Å². The van der Waals surface area contributed by atoms with E-state index in [2.05, 4.69) is 15.4 Å². The molecule has 0 aliphatic carbocycles. The molecule has 1 aromatic rings. The number of hydrogen-bond donors (Lipinski definition) is 2. The van der Waals surface area contributed by atoms with Crippen molar-refractivity contribution in [3.05, 3.63) is 5.82 Å². The molecule has 1 saturated heterocycles. The van der Waals surface area contributed by atoms with Gasteiger partial charge in [0.2, 0.25) is 0 Å². The predicted molar refractivity (Wildman–Crippen MR) is 65.9 cm³/mol. The zero-order valence-corrected chi connectivity index (χ0v) is 11.4. The summed E-state index contributed by atoms with van der Waals surface area (Å²) in [5, 5.41) is 30.3. The van der Waals surface area contributed by atoms with E-state index in [1.54, 1.807) is 14.0 Å². The largest absolute Gasteiger partial charge is 0.481 e. The van der Waals surface area contributed by atoms with Crippen LogP contribution in [-0.2, 0) is 11.8 Å². The minimum atomic E-state index is -1.10. The van der Waals surface area contributed by atoms with Crippen molar-refractivity contribution in [3.63, 3.8) is 0 Å². The van der Waals surface area contributed by atoms with Crippen molar-refractivity contribution in [1.82, 2.24) is 25.1 Å². The topological polar surface area (TPSA) is 121 Å². The minimum Gasteiger partial charge on any atom is -0.481 e. The molecule has 1 fully saturated rings. The molecule has 2 heterocycles. The van der Waals surface area contributed by atoms with E-state index < -0.39 is 23.5 Å². The summed E-state index contributed by atoms with van der Waals surface area (Å²) in [6.07, 6.45) is -0.205. The zero-order chi connectivity index (χ0) is 14.9. The first-order chi connectivity index (χ1) is 9.39. The Hall–Kier alpha value is -2.19. The summed E-state index contributed by atoms with van der Waals surface area (Å²) >= 11 is 0. The molecular weight excluding hydrogens is 266 g/mol. The van der Waals surface area contributed by atoms with Crippen molar-refractivity contribution in [2.75, 3.05) is 6.54 Å². The van der Waals surface area contributed by atoms with Crippen molar-refractivity contribution in [1.29, 1.82) is 0 Å². The molecule has 2 atom stereocenters. The van der Waals surface area contributed by atoms with Gasteiger partial charge in [-0.2, -0.15) is 4.80 Å². The normalized spacial score (nSPS) is 26.5. The Morgan fingerprint density at radius 3 is 2.60 bits per heavy atom. The minimum absolute atomic E-state index is 0.151. The van der Waals surface area contributed by atoms with Gasteiger partial charge in [0.1, 0.15) is 6.04 Å². The maximum absolute atomic E-state index is 11.5. The number of amides is 1. The number of aliphatic carboxylic acids is 1. The lowest BCUT2D eigenvalue weighted by Gasteiger charge is -2.41. The second-order valence-corrected chi connectivity index (χ2v) is 5.02. The van der Waals surface area contributed by atoms with E-state index in [9.17, 15) is 19.8 Å². The number of carboxylic acids is 1. The third-order valence-corrected chi connectivity index (χ3v) is 3.99. The van der Waals surface area contributed by atoms with Gasteiger partial charge in [0.05, 0.1) is 12.5 Å². The van der Waals surface area contributed by atoms with Crippen LogP contribution >= 0.6 is 0 Å². The summed E-state index contributed by atoms with van der Waals surface area (Å²) in [4.78, 5) is 25.3. The molecule has 20 heavy (non-hydrogen) atoms. The Morgan fingerprint density at radius 2 is 2.15 bits per heavy atom. The van der Waals surface area contributed by atoms with Gasteiger partial charge < -0.3 is 10.2 Å². The molecule has 0 spiro atoms. The quantitative estimate of drug-likeness (QED) is 0.828. The molecule has 110 valence electrons.